The molecule has 0 saturated carbocycles. The summed E-state index contributed by atoms with van der Waals surface area (Å²) < 4.78 is 73.7. The Kier molecular flexibility index (Phi) is 5.85. The highest BCUT2D eigenvalue weighted by Gasteiger charge is 2.23. The van der Waals surface area contributed by atoms with Crippen LogP contribution < -0.4 is 14.2 Å². The Bertz CT molecular complexity index is 1290. The van der Waals surface area contributed by atoms with Crippen LogP contribution in [0, 0.1) is 5.82 Å². The number of sulfonamides is 2. The van der Waals surface area contributed by atoms with Gasteiger partial charge < -0.3 is 9.84 Å². The predicted octanol–water partition coefficient (Wildman–Crippen LogP) is 3.14. The van der Waals surface area contributed by atoms with Gasteiger partial charge in [-0.3, -0.25) is 9.44 Å². The van der Waals surface area contributed by atoms with E-state index in [0.717, 1.165) is 30.3 Å². The van der Waals surface area contributed by atoms with Crippen LogP contribution in [0.25, 0.3) is 0 Å². The average Bonchev–Trinajstić information content (AvgIpc) is 2.69. The molecule has 30 heavy (non-hydrogen) atoms. The molecule has 0 aliphatic rings. The molecule has 3 rings (SSSR count). The third-order valence-corrected chi connectivity index (χ3v) is 6.76. The molecule has 0 bridgehead atoms. The van der Waals surface area contributed by atoms with Crippen molar-refractivity contribution in [2.75, 3.05) is 16.6 Å². The minimum absolute atomic E-state index is 0.168. The zero-order valence-electron chi connectivity index (χ0n) is 15.5. The molecular formula is C19H17FN2O6S2. The second kappa shape index (κ2) is 8.20. The smallest absolute Gasteiger partial charge is 0.264 e. The molecule has 158 valence electrons. The number of hydrogen-bond acceptors (Lipinski definition) is 6. The van der Waals surface area contributed by atoms with Crippen molar-refractivity contribution in [3.63, 3.8) is 0 Å². The number of ether oxygens (including phenoxy) is 1. The molecule has 0 fully saturated rings. The Hall–Kier alpha value is -3.31. The van der Waals surface area contributed by atoms with Gasteiger partial charge in [0.05, 0.1) is 23.4 Å². The number of aromatic hydroxyl groups is 1. The number of anilines is 2. The lowest BCUT2D eigenvalue weighted by Gasteiger charge is -2.14. The van der Waals surface area contributed by atoms with Crippen molar-refractivity contribution in [3.05, 3.63) is 72.5 Å². The van der Waals surface area contributed by atoms with Crippen LogP contribution in [0.3, 0.4) is 0 Å². The van der Waals surface area contributed by atoms with Gasteiger partial charge in [-0.1, -0.05) is 24.3 Å². The van der Waals surface area contributed by atoms with E-state index in [-0.39, 0.29) is 16.3 Å². The Morgan fingerprint density at radius 3 is 2.17 bits per heavy atom. The Morgan fingerprint density at radius 1 is 0.833 bits per heavy atom. The van der Waals surface area contributed by atoms with Gasteiger partial charge in [-0.25, -0.2) is 21.2 Å². The number of para-hydroxylation sites is 2. The first-order valence-electron chi connectivity index (χ1n) is 8.40. The fraction of sp³-hybridized carbons (Fsp3) is 0.0526. The number of benzene rings is 3. The predicted molar refractivity (Wildman–Crippen MR) is 109 cm³/mol. The Labute approximate surface area is 173 Å². The fourth-order valence-corrected chi connectivity index (χ4v) is 4.80. The van der Waals surface area contributed by atoms with Crippen LogP contribution in [-0.4, -0.2) is 29.1 Å². The normalized spacial score (nSPS) is 11.7. The number of phenols is 1. The van der Waals surface area contributed by atoms with E-state index in [1.165, 1.54) is 25.3 Å². The topological polar surface area (TPSA) is 122 Å². The first kappa shape index (κ1) is 21.4. The number of nitrogens with one attached hydrogen (secondary N) is 2. The van der Waals surface area contributed by atoms with Crippen LogP contribution in [0.1, 0.15) is 0 Å². The minimum Gasteiger partial charge on any atom is -0.506 e. The summed E-state index contributed by atoms with van der Waals surface area (Å²) in [4.78, 5) is -0.984. The van der Waals surface area contributed by atoms with E-state index in [1.54, 1.807) is 18.2 Å². The van der Waals surface area contributed by atoms with Crippen molar-refractivity contribution in [3.8, 4) is 11.5 Å². The van der Waals surface area contributed by atoms with Crippen LogP contribution >= 0.6 is 0 Å². The van der Waals surface area contributed by atoms with Crippen LogP contribution in [-0.2, 0) is 20.0 Å². The lowest BCUT2D eigenvalue weighted by molar-refractivity contribution is 0.417. The summed E-state index contributed by atoms with van der Waals surface area (Å²) in [5.41, 5.74) is -0.261. The maximum Gasteiger partial charge on any atom is 0.264 e. The van der Waals surface area contributed by atoms with Crippen LogP contribution in [0.5, 0.6) is 11.5 Å². The summed E-state index contributed by atoms with van der Waals surface area (Å²) in [6.07, 6.45) is 0. The quantitative estimate of drug-likeness (QED) is 0.474. The molecule has 8 nitrogen and oxygen atoms in total. The summed E-state index contributed by atoms with van der Waals surface area (Å²) in [6.45, 7) is 0. The Morgan fingerprint density at radius 2 is 1.47 bits per heavy atom. The highest BCUT2D eigenvalue weighted by atomic mass is 32.2. The lowest BCUT2D eigenvalue weighted by atomic mass is 10.3. The summed E-state index contributed by atoms with van der Waals surface area (Å²) in [6, 6.07) is 14.0. The molecule has 11 heteroatoms. The fourth-order valence-electron chi connectivity index (χ4n) is 2.56. The second-order valence-electron chi connectivity index (χ2n) is 6.02. The number of methoxy groups -OCH3 is 1. The number of rotatable bonds is 7. The van der Waals surface area contributed by atoms with Gasteiger partial charge >= 0.3 is 0 Å². The standard InChI is InChI=1S/C19H17FN2O6S2/c1-28-18-8-4-3-7-15(18)21-29(24,25)13-10-11-17(23)16(12-13)22-30(26,27)19-9-5-2-6-14(19)20/h2-12,21-23H,1H3. The molecule has 3 aromatic rings. The van der Waals surface area contributed by atoms with E-state index >= 15 is 0 Å². The Balaban J connectivity index is 1.96. The molecule has 0 unspecified atom stereocenters. The molecule has 3 N–H and O–H groups in total. The van der Waals surface area contributed by atoms with Crippen molar-refractivity contribution in [1.82, 2.24) is 0 Å². The van der Waals surface area contributed by atoms with E-state index in [4.69, 9.17) is 4.74 Å². The molecular weight excluding hydrogens is 435 g/mol. The molecule has 0 atom stereocenters. The van der Waals surface area contributed by atoms with Crippen molar-refractivity contribution in [2.24, 2.45) is 0 Å². The second-order valence-corrected chi connectivity index (χ2v) is 9.35. The third-order valence-electron chi connectivity index (χ3n) is 4.00. The summed E-state index contributed by atoms with van der Waals surface area (Å²) in [5.74, 6) is -1.25. The first-order chi connectivity index (χ1) is 14.1. The maximum atomic E-state index is 13.9. The van der Waals surface area contributed by atoms with E-state index in [1.807, 2.05) is 4.72 Å². The van der Waals surface area contributed by atoms with Gasteiger partial charge in [0, 0.05) is 0 Å². The minimum atomic E-state index is -4.42. The first-order valence-corrected chi connectivity index (χ1v) is 11.4. The maximum absolute atomic E-state index is 13.9. The van der Waals surface area contributed by atoms with E-state index in [2.05, 4.69) is 4.72 Å². The number of halogens is 1. The largest absolute Gasteiger partial charge is 0.506 e. The third kappa shape index (κ3) is 4.47. The van der Waals surface area contributed by atoms with Gasteiger partial charge in [0.1, 0.15) is 22.2 Å². The SMILES string of the molecule is COc1ccccc1NS(=O)(=O)c1ccc(O)c(NS(=O)(=O)c2ccccc2F)c1. The van der Waals surface area contributed by atoms with Gasteiger partial charge in [0.2, 0.25) is 0 Å². The highest BCUT2D eigenvalue weighted by molar-refractivity contribution is 7.93. The monoisotopic (exact) mass is 452 g/mol. The summed E-state index contributed by atoms with van der Waals surface area (Å²) in [7, 11) is -7.20. The van der Waals surface area contributed by atoms with Crippen LogP contribution in [0.4, 0.5) is 15.8 Å². The van der Waals surface area contributed by atoms with Crippen molar-refractivity contribution in [2.45, 2.75) is 9.79 Å². The highest BCUT2D eigenvalue weighted by Crippen LogP contribution is 2.31. The summed E-state index contributed by atoms with van der Waals surface area (Å²) in [5, 5.41) is 10.00. The molecule has 0 aliphatic carbocycles. The zero-order chi connectivity index (χ0) is 21.9. The van der Waals surface area contributed by atoms with Gasteiger partial charge in [0.25, 0.3) is 20.0 Å². The van der Waals surface area contributed by atoms with Gasteiger partial charge in [-0.15, -0.1) is 0 Å². The van der Waals surface area contributed by atoms with Crippen molar-refractivity contribution in [1.29, 1.82) is 0 Å². The van der Waals surface area contributed by atoms with Gasteiger partial charge in [-0.2, -0.15) is 0 Å². The molecule has 0 aliphatic heterocycles. The molecule has 0 saturated heterocycles. The van der Waals surface area contributed by atoms with Crippen molar-refractivity contribution >= 4 is 31.4 Å². The van der Waals surface area contributed by atoms with Crippen LogP contribution in [0.15, 0.2) is 76.5 Å². The zero-order valence-corrected chi connectivity index (χ0v) is 17.2. The number of hydrogen-bond donors (Lipinski definition) is 3. The van der Waals surface area contributed by atoms with E-state index in [0.29, 0.717) is 0 Å². The van der Waals surface area contributed by atoms with E-state index in [9.17, 15) is 26.3 Å². The molecule has 0 spiro atoms. The summed E-state index contributed by atoms with van der Waals surface area (Å²) >= 11 is 0. The lowest BCUT2D eigenvalue weighted by Crippen LogP contribution is -2.16. The van der Waals surface area contributed by atoms with Crippen LogP contribution in [0.2, 0.25) is 0 Å². The molecule has 0 aromatic heterocycles. The van der Waals surface area contributed by atoms with Crippen molar-refractivity contribution < 1.29 is 31.1 Å². The molecule has 0 radical (unpaired) electrons. The molecule has 0 amide bonds. The van der Waals surface area contributed by atoms with E-state index < -0.39 is 42.2 Å². The average molecular weight is 452 g/mol. The van der Waals surface area contributed by atoms with Gasteiger partial charge in [0.15, 0.2) is 0 Å². The molecule has 0 heterocycles. The molecule has 3 aromatic carbocycles. The number of phenolic OH excluding ortho intramolecular Hbond substituents is 1. The van der Waals surface area contributed by atoms with Gasteiger partial charge in [-0.05, 0) is 42.5 Å².